The van der Waals surface area contributed by atoms with Crippen LogP contribution in [0, 0.1) is 11.8 Å². The van der Waals surface area contributed by atoms with Gasteiger partial charge in [0.15, 0.2) is 0 Å². The number of nitrogens with one attached hydrogen (secondary N) is 1. The minimum absolute atomic E-state index is 0.291. The molecule has 0 spiro atoms. The monoisotopic (exact) mass is 193 g/mol. The molecule has 0 aliphatic heterocycles. The lowest BCUT2D eigenvalue weighted by molar-refractivity contribution is -0.118. The van der Waals surface area contributed by atoms with Crippen molar-refractivity contribution in [1.82, 2.24) is 5.32 Å². The van der Waals surface area contributed by atoms with E-state index in [0.717, 1.165) is 0 Å². The molecule has 14 heavy (non-hydrogen) atoms. The summed E-state index contributed by atoms with van der Waals surface area (Å²) in [6.07, 6.45) is 6.41. The summed E-state index contributed by atoms with van der Waals surface area (Å²) in [5.74, 6) is 6.00. The van der Waals surface area contributed by atoms with Crippen LogP contribution in [0.3, 0.4) is 0 Å². The molecule has 78 valence electrons. The standard InChI is InChI=1S/C12H19NO/c1-2-3-4-9-12(14)10-13-11-7-5-6-8-11/h11,13H,4-10H2,1H3. The van der Waals surface area contributed by atoms with E-state index in [0.29, 0.717) is 31.2 Å². The third-order valence-corrected chi connectivity index (χ3v) is 2.65. The normalized spacial score (nSPS) is 16.4. The van der Waals surface area contributed by atoms with Gasteiger partial charge in [0.25, 0.3) is 0 Å². The topological polar surface area (TPSA) is 29.1 Å². The molecular weight excluding hydrogens is 174 g/mol. The highest BCUT2D eigenvalue weighted by Crippen LogP contribution is 2.17. The second-order valence-electron chi connectivity index (χ2n) is 3.83. The van der Waals surface area contributed by atoms with E-state index in [4.69, 9.17) is 0 Å². The van der Waals surface area contributed by atoms with Crippen molar-refractivity contribution in [2.24, 2.45) is 0 Å². The van der Waals surface area contributed by atoms with Crippen LogP contribution < -0.4 is 5.32 Å². The first kappa shape index (κ1) is 11.3. The molecule has 0 heterocycles. The highest BCUT2D eigenvalue weighted by Gasteiger charge is 2.14. The van der Waals surface area contributed by atoms with Crippen molar-refractivity contribution in [3.63, 3.8) is 0 Å². The Balaban J connectivity index is 2.04. The molecule has 2 heteroatoms. The molecule has 1 fully saturated rings. The molecule has 0 aromatic heterocycles. The summed E-state index contributed by atoms with van der Waals surface area (Å²) in [7, 11) is 0. The molecule has 1 saturated carbocycles. The van der Waals surface area contributed by atoms with Crippen molar-refractivity contribution < 1.29 is 4.79 Å². The smallest absolute Gasteiger partial charge is 0.147 e. The van der Waals surface area contributed by atoms with Crippen LogP contribution in [0.15, 0.2) is 0 Å². The van der Waals surface area contributed by atoms with E-state index in [1.54, 1.807) is 6.92 Å². The van der Waals surface area contributed by atoms with Gasteiger partial charge in [0.1, 0.15) is 5.78 Å². The third-order valence-electron chi connectivity index (χ3n) is 2.65. The molecule has 1 aliphatic rings. The Morgan fingerprint density at radius 2 is 2.14 bits per heavy atom. The number of hydrogen-bond donors (Lipinski definition) is 1. The van der Waals surface area contributed by atoms with Crippen LogP contribution in [0.2, 0.25) is 0 Å². The summed E-state index contributed by atoms with van der Waals surface area (Å²) >= 11 is 0. The zero-order chi connectivity index (χ0) is 10.2. The van der Waals surface area contributed by atoms with Crippen LogP contribution in [-0.2, 0) is 4.79 Å². The quantitative estimate of drug-likeness (QED) is 0.676. The lowest BCUT2D eigenvalue weighted by atomic mass is 10.2. The first-order valence-corrected chi connectivity index (χ1v) is 5.47. The van der Waals surface area contributed by atoms with E-state index < -0.39 is 0 Å². The Morgan fingerprint density at radius 3 is 2.79 bits per heavy atom. The Morgan fingerprint density at radius 1 is 1.43 bits per heavy atom. The van der Waals surface area contributed by atoms with Gasteiger partial charge in [-0.25, -0.2) is 0 Å². The van der Waals surface area contributed by atoms with Gasteiger partial charge in [0, 0.05) is 18.9 Å². The SMILES string of the molecule is CC#CCCC(=O)CNC1CCCC1. The van der Waals surface area contributed by atoms with Crippen LogP contribution >= 0.6 is 0 Å². The van der Waals surface area contributed by atoms with Crippen LogP contribution in [0.4, 0.5) is 0 Å². The lowest BCUT2D eigenvalue weighted by Crippen LogP contribution is -2.31. The Labute approximate surface area is 86.5 Å². The summed E-state index contributed by atoms with van der Waals surface area (Å²) in [6.45, 7) is 2.34. The fourth-order valence-corrected chi connectivity index (χ4v) is 1.80. The molecule has 0 unspecified atom stereocenters. The summed E-state index contributed by atoms with van der Waals surface area (Å²) in [5, 5.41) is 3.31. The first-order valence-electron chi connectivity index (χ1n) is 5.47. The summed E-state index contributed by atoms with van der Waals surface area (Å²) in [6, 6.07) is 0.594. The van der Waals surface area contributed by atoms with Gasteiger partial charge in [0.05, 0.1) is 6.54 Å². The molecule has 0 atom stereocenters. The van der Waals surface area contributed by atoms with Crippen molar-refractivity contribution in [1.29, 1.82) is 0 Å². The van der Waals surface area contributed by atoms with Gasteiger partial charge in [-0.2, -0.15) is 0 Å². The summed E-state index contributed by atoms with van der Waals surface area (Å²) < 4.78 is 0. The summed E-state index contributed by atoms with van der Waals surface area (Å²) in [5.41, 5.74) is 0. The van der Waals surface area contributed by atoms with Crippen LogP contribution in [-0.4, -0.2) is 18.4 Å². The Bertz CT molecular complexity index is 230. The van der Waals surface area contributed by atoms with Crippen LogP contribution in [0.25, 0.3) is 0 Å². The predicted molar refractivity (Wildman–Crippen MR) is 57.9 cm³/mol. The zero-order valence-corrected chi connectivity index (χ0v) is 8.94. The summed E-state index contributed by atoms with van der Waals surface area (Å²) in [4.78, 5) is 11.3. The molecule has 0 saturated heterocycles. The fourth-order valence-electron chi connectivity index (χ4n) is 1.80. The largest absolute Gasteiger partial charge is 0.307 e. The molecule has 0 aromatic rings. The van der Waals surface area contributed by atoms with E-state index in [1.165, 1.54) is 25.7 Å². The van der Waals surface area contributed by atoms with Crippen molar-refractivity contribution in [3.8, 4) is 11.8 Å². The maximum Gasteiger partial charge on any atom is 0.147 e. The van der Waals surface area contributed by atoms with Crippen molar-refractivity contribution in [2.75, 3.05) is 6.54 Å². The third kappa shape index (κ3) is 4.43. The minimum atomic E-state index is 0.291. The molecule has 0 bridgehead atoms. The molecule has 0 amide bonds. The number of rotatable bonds is 5. The van der Waals surface area contributed by atoms with Gasteiger partial charge in [-0.1, -0.05) is 12.8 Å². The van der Waals surface area contributed by atoms with Gasteiger partial charge in [-0.3, -0.25) is 4.79 Å². The molecule has 1 aliphatic carbocycles. The zero-order valence-electron chi connectivity index (χ0n) is 8.94. The molecule has 1 rings (SSSR count). The predicted octanol–water partition coefficient (Wildman–Crippen LogP) is 1.89. The Kier molecular flexibility index (Phi) is 5.32. The van der Waals surface area contributed by atoms with E-state index in [2.05, 4.69) is 17.2 Å². The van der Waals surface area contributed by atoms with E-state index in [-0.39, 0.29) is 0 Å². The lowest BCUT2D eigenvalue weighted by Gasteiger charge is -2.09. The van der Waals surface area contributed by atoms with Crippen molar-refractivity contribution in [3.05, 3.63) is 0 Å². The fraction of sp³-hybridized carbons (Fsp3) is 0.750. The van der Waals surface area contributed by atoms with Crippen molar-refractivity contribution >= 4 is 5.78 Å². The van der Waals surface area contributed by atoms with E-state index in [1.807, 2.05) is 0 Å². The number of carbonyl (C=O) groups excluding carboxylic acids is 1. The van der Waals surface area contributed by atoms with E-state index >= 15 is 0 Å². The van der Waals surface area contributed by atoms with Gasteiger partial charge in [0.2, 0.25) is 0 Å². The number of carbonyl (C=O) groups is 1. The highest BCUT2D eigenvalue weighted by molar-refractivity contribution is 5.80. The maximum absolute atomic E-state index is 11.3. The van der Waals surface area contributed by atoms with Crippen LogP contribution in [0.5, 0.6) is 0 Å². The minimum Gasteiger partial charge on any atom is -0.307 e. The van der Waals surface area contributed by atoms with Gasteiger partial charge >= 0.3 is 0 Å². The van der Waals surface area contributed by atoms with Gasteiger partial charge in [-0.15, -0.1) is 11.8 Å². The van der Waals surface area contributed by atoms with Gasteiger partial charge in [-0.05, 0) is 19.8 Å². The Hall–Kier alpha value is -0.810. The average Bonchev–Trinajstić information content (AvgIpc) is 2.68. The second-order valence-corrected chi connectivity index (χ2v) is 3.83. The molecule has 0 aromatic carbocycles. The number of hydrogen-bond acceptors (Lipinski definition) is 2. The molecular formula is C12H19NO. The maximum atomic E-state index is 11.3. The average molecular weight is 193 g/mol. The highest BCUT2D eigenvalue weighted by atomic mass is 16.1. The van der Waals surface area contributed by atoms with Crippen molar-refractivity contribution in [2.45, 2.75) is 51.5 Å². The number of Topliss-reactive ketones (excluding diaryl/α,β-unsaturated/α-hetero) is 1. The van der Waals surface area contributed by atoms with E-state index in [9.17, 15) is 4.79 Å². The first-order chi connectivity index (χ1) is 6.83. The second kappa shape index (κ2) is 6.62. The molecule has 1 N–H and O–H groups in total. The number of ketones is 1. The van der Waals surface area contributed by atoms with Gasteiger partial charge < -0.3 is 5.32 Å². The molecule has 0 radical (unpaired) electrons. The molecule has 2 nitrogen and oxygen atoms in total. The van der Waals surface area contributed by atoms with Crippen LogP contribution in [0.1, 0.15) is 45.4 Å².